The van der Waals surface area contributed by atoms with Crippen molar-refractivity contribution in [3.63, 3.8) is 0 Å². The van der Waals surface area contributed by atoms with Gasteiger partial charge in [-0.25, -0.2) is 4.79 Å². The Morgan fingerprint density at radius 1 is 1.16 bits per heavy atom. The van der Waals surface area contributed by atoms with Gasteiger partial charge in [-0.1, -0.05) is 30.3 Å². The lowest BCUT2D eigenvalue weighted by Gasteiger charge is -2.10. The Morgan fingerprint density at radius 3 is 2.32 bits per heavy atom. The van der Waals surface area contributed by atoms with Crippen LogP contribution in [-0.4, -0.2) is 34.1 Å². The summed E-state index contributed by atoms with van der Waals surface area (Å²) in [6.45, 7) is 0. The smallest absolute Gasteiger partial charge is 0.326 e. The molecule has 0 radical (unpaired) electrons. The maximum atomic E-state index is 11.5. The molecule has 6 nitrogen and oxygen atoms in total. The fourth-order valence-electron chi connectivity index (χ4n) is 1.33. The van der Waals surface area contributed by atoms with Crippen LogP contribution in [0, 0.1) is 0 Å². The average molecular weight is 263 g/mol. The number of amides is 1. The molecule has 100 valence electrons. The first-order chi connectivity index (χ1) is 8.99. The third-order valence-electron chi connectivity index (χ3n) is 2.22. The molecule has 0 aliphatic rings. The normalized spacial score (nSPS) is 12.0. The second kappa shape index (κ2) is 6.95. The van der Waals surface area contributed by atoms with Crippen LogP contribution in [0.4, 0.5) is 0 Å². The Balaban J connectivity index is 2.60. The number of rotatable bonds is 6. The molecule has 19 heavy (non-hydrogen) atoms. The van der Waals surface area contributed by atoms with Crippen LogP contribution < -0.4 is 5.32 Å². The summed E-state index contributed by atoms with van der Waals surface area (Å²) in [7, 11) is 0. The third kappa shape index (κ3) is 5.49. The van der Waals surface area contributed by atoms with Gasteiger partial charge in [0.25, 0.3) is 0 Å². The van der Waals surface area contributed by atoms with E-state index in [1.165, 1.54) is 6.08 Å². The van der Waals surface area contributed by atoms with E-state index >= 15 is 0 Å². The summed E-state index contributed by atoms with van der Waals surface area (Å²) in [5, 5.41) is 19.4. The van der Waals surface area contributed by atoms with Crippen LogP contribution >= 0.6 is 0 Å². The summed E-state index contributed by atoms with van der Waals surface area (Å²) in [5.74, 6) is -3.33. The van der Waals surface area contributed by atoms with Crippen LogP contribution in [0.1, 0.15) is 12.0 Å². The van der Waals surface area contributed by atoms with Crippen molar-refractivity contribution in [3.8, 4) is 0 Å². The quantitative estimate of drug-likeness (QED) is 0.657. The van der Waals surface area contributed by atoms with Crippen molar-refractivity contribution in [2.45, 2.75) is 12.5 Å². The number of nitrogens with one attached hydrogen (secondary N) is 1. The number of carbonyl (C=O) groups excluding carboxylic acids is 1. The molecule has 0 fully saturated rings. The SMILES string of the molecule is O=C(O)CC(NC(=O)/C=C/c1ccccc1)C(=O)O. The van der Waals surface area contributed by atoms with E-state index in [2.05, 4.69) is 5.32 Å². The molecule has 0 heterocycles. The van der Waals surface area contributed by atoms with Gasteiger partial charge in [-0.2, -0.15) is 0 Å². The van der Waals surface area contributed by atoms with Crippen LogP contribution in [0.15, 0.2) is 36.4 Å². The second-order valence-electron chi connectivity index (χ2n) is 3.74. The molecule has 0 spiro atoms. The molecule has 3 N–H and O–H groups in total. The lowest BCUT2D eigenvalue weighted by Crippen LogP contribution is -2.41. The molecule has 0 saturated heterocycles. The van der Waals surface area contributed by atoms with E-state index < -0.39 is 30.3 Å². The van der Waals surface area contributed by atoms with Crippen LogP contribution in [0.5, 0.6) is 0 Å². The second-order valence-corrected chi connectivity index (χ2v) is 3.74. The minimum atomic E-state index is -1.44. The lowest BCUT2D eigenvalue weighted by molar-refractivity contribution is -0.146. The summed E-state index contributed by atoms with van der Waals surface area (Å²) < 4.78 is 0. The Labute approximate surface area is 109 Å². The van der Waals surface area contributed by atoms with Crippen molar-refractivity contribution in [3.05, 3.63) is 42.0 Å². The highest BCUT2D eigenvalue weighted by Crippen LogP contribution is 2.01. The van der Waals surface area contributed by atoms with Crippen LogP contribution in [-0.2, 0) is 14.4 Å². The minimum absolute atomic E-state index is 0.655. The van der Waals surface area contributed by atoms with Gasteiger partial charge in [-0.3, -0.25) is 9.59 Å². The maximum absolute atomic E-state index is 11.5. The first-order valence-electron chi connectivity index (χ1n) is 5.47. The number of aliphatic carboxylic acids is 2. The molecule has 0 bridgehead atoms. The third-order valence-corrected chi connectivity index (χ3v) is 2.22. The summed E-state index contributed by atoms with van der Waals surface area (Å²) in [6.07, 6.45) is 2.00. The van der Waals surface area contributed by atoms with E-state index in [1.807, 2.05) is 6.07 Å². The fourth-order valence-corrected chi connectivity index (χ4v) is 1.33. The van der Waals surface area contributed by atoms with E-state index in [0.717, 1.165) is 11.6 Å². The van der Waals surface area contributed by atoms with E-state index in [1.54, 1.807) is 24.3 Å². The van der Waals surface area contributed by atoms with Crippen molar-refractivity contribution in [2.75, 3.05) is 0 Å². The minimum Gasteiger partial charge on any atom is -0.481 e. The van der Waals surface area contributed by atoms with E-state index in [-0.39, 0.29) is 0 Å². The van der Waals surface area contributed by atoms with Gasteiger partial charge in [0.05, 0.1) is 6.42 Å². The molecule has 0 aliphatic heterocycles. The number of carbonyl (C=O) groups is 3. The Hall–Kier alpha value is -2.63. The molecular weight excluding hydrogens is 250 g/mol. The molecule has 1 rings (SSSR count). The van der Waals surface area contributed by atoms with Gasteiger partial charge in [0.2, 0.25) is 5.91 Å². The van der Waals surface area contributed by atoms with Crippen molar-refractivity contribution in [1.29, 1.82) is 0 Å². The molecule has 0 aromatic heterocycles. The van der Waals surface area contributed by atoms with Gasteiger partial charge in [0.15, 0.2) is 0 Å². The van der Waals surface area contributed by atoms with E-state index in [9.17, 15) is 14.4 Å². The lowest BCUT2D eigenvalue weighted by atomic mass is 10.2. The molecule has 0 saturated carbocycles. The number of benzene rings is 1. The van der Waals surface area contributed by atoms with Gasteiger partial charge in [0, 0.05) is 6.08 Å². The predicted molar refractivity (Wildman–Crippen MR) is 67.3 cm³/mol. The zero-order chi connectivity index (χ0) is 14.3. The van der Waals surface area contributed by atoms with Crippen molar-refractivity contribution >= 4 is 23.9 Å². The highest BCUT2D eigenvalue weighted by Gasteiger charge is 2.21. The van der Waals surface area contributed by atoms with Gasteiger partial charge in [-0.15, -0.1) is 0 Å². The van der Waals surface area contributed by atoms with Gasteiger partial charge in [-0.05, 0) is 11.6 Å². The van der Waals surface area contributed by atoms with E-state index in [0.29, 0.717) is 0 Å². The summed E-state index contributed by atoms with van der Waals surface area (Å²) in [4.78, 5) is 32.6. The monoisotopic (exact) mass is 263 g/mol. The first kappa shape index (κ1) is 14.4. The zero-order valence-corrected chi connectivity index (χ0v) is 9.95. The molecule has 1 atom stereocenters. The molecule has 1 aromatic rings. The van der Waals surface area contributed by atoms with Gasteiger partial charge < -0.3 is 15.5 Å². The Kier molecular flexibility index (Phi) is 5.28. The molecule has 6 heteroatoms. The molecule has 1 amide bonds. The first-order valence-corrected chi connectivity index (χ1v) is 5.47. The average Bonchev–Trinajstić information content (AvgIpc) is 2.36. The van der Waals surface area contributed by atoms with Crippen LogP contribution in [0.25, 0.3) is 6.08 Å². The van der Waals surface area contributed by atoms with Crippen LogP contribution in [0.2, 0.25) is 0 Å². The number of hydrogen-bond acceptors (Lipinski definition) is 3. The number of carboxylic acids is 2. The fraction of sp³-hybridized carbons (Fsp3) is 0.154. The molecule has 0 aliphatic carbocycles. The zero-order valence-electron chi connectivity index (χ0n) is 9.95. The van der Waals surface area contributed by atoms with Crippen molar-refractivity contribution < 1.29 is 24.6 Å². The van der Waals surface area contributed by atoms with E-state index in [4.69, 9.17) is 10.2 Å². The largest absolute Gasteiger partial charge is 0.481 e. The van der Waals surface area contributed by atoms with Crippen LogP contribution in [0.3, 0.4) is 0 Å². The van der Waals surface area contributed by atoms with Gasteiger partial charge >= 0.3 is 11.9 Å². The topological polar surface area (TPSA) is 104 Å². The predicted octanol–water partition coefficient (Wildman–Crippen LogP) is 0.744. The van der Waals surface area contributed by atoms with Crippen molar-refractivity contribution in [1.82, 2.24) is 5.32 Å². The van der Waals surface area contributed by atoms with Gasteiger partial charge in [0.1, 0.15) is 6.04 Å². The summed E-state index contributed by atoms with van der Waals surface area (Å²) in [6, 6.07) is 7.52. The Bertz CT molecular complexity index is 495. The highest BCUT2D eigenvalue weighted by molar-refractivity contribution is 5.95. The summed E-state index contributed by atoms with van der Waals surface area (Å²) in [5.41, 5.74) is 0.780. The molecule has 1 unspecified atom stereocenters. The standard InChI is InChI=1S/C13H13NO5/c15-11(7-6-9-4-2-1-3-5-9)14-10(13(18)19)8-12(16)17/h1-7,10H,8H2,(H,14,15)(H,16,17)(H,18,19)/b7-6+. The number of carboxylic acid groups (broad SMARTS) is 2. The Morgan fingerprint density at radius 2 is 1.79 bits per heavy atom. The molecule has 1 aromatic carbocycles. The molecular formula is C13H13NO5. The number of hydrogen-bond donors (Lipinski definition) is 3. The summed E-state index contributed by atoms with van der Waals surface area (Å²) >= 11 is 0. The van der Waals surface area contributed by atoms with Crippen molar-refractivity contribution in [2.24, 2.45) is 0 Å². The maximum Gasteiger partial charge on any atom is 0.326 e. The highest BCUT2D eigenvalue weighted by atomic mass is 16.4.